The lowest BCUT2D eigenvalue weighted by Gasteiger charge is -2.03. The van der Waals surface area contributed by atoms with Crippen LogP contribution in [-0.2, 0) is 10.0 Å². The molecule has 0 fully saturated rings. The van der Waals surface area contributed by atoms with Gasteiger partial charge in [-0.05, 0) is 17.9 Å². The van der Waals surface area contributed by atoms with Gasteiger partial charge in [-0.25, -0.2) is 13.1 Å². The van der Waals surface area contributed by atoms with Crippen molar-refractivity contribution >= 4 is 27.1 Å². The molecule has 1 N–H and O–H groups in total. The summed E-state index contributed by atoms with van der Waals surface area (Å²) >= 11 is 1.31. The maximum absolute atomic E-state index is 11.4. The highest BCUT2D eigenvalue weighted by Crippen LogP contribution is 2.08. The average molecular weight is 247 g/mol. The van der Waals surface area contributed by atoms with Crippen LogP contribution in [0.5, 0.6) is 0 Å². The van der Waals surface area contributed by atoms with E-state index in [2.05, 4.69) is 4.72 Å². The lowest BCUT2D eigenvalue weighted by atomic mass is 10.3. The second-order valence-corrected chi connectivity index (χ2v) is 5.91. The van der Waals surface area contributed by atoms with Crippen LogP contribution >= 0.6 is 11.3 Å². The van der Waals surface area contributed by atoms with Crippen LogP contribution in [0.1, 0.15) is 23.0 Å². The number of carbonyl (C=O) groups excluding carboxylic acids is 1. The van der Waals surface area contributed by atoms with Gasteiger partial charge in [0.1, 0.15) is 0 Å². The highest BCUT2D eigenvalue weighted by atomic mass is 32.2. The smallest absolute Gasteiger partial charge is 0.211 e. The number of hydrogen-bond acceptors (Lipinski definition) is 4. The first-order chi connectivity index (χ1) is 7.05. The summed E-state index contributed by atoms with van der Waals surface area (Å²) in [5.41, 5.74) is 0. The van der Waals surface area contributed by atoms with Crippen LogP contribution in [0.2, 0.25) is 0 Å². The third-order valence-electron chi connectivity index (χ3n) is 1.72. The molecule has 6 heteroatoms. The number of thiophene rings is 1. The second-order valence-electron chi connectivity index (χ2n) is 3.04. The van der Waals surface area contributed by atoms with E-state index in [1.165, 1.54) is 11.3 Å². The van der Waals surface area contributed by atoms with Gasteiger partial charge < -0.3 is 0 Å². The minimum atomic E-state index is -3.28. The summed E-state index contributed by atoms with van der Waals surface area (Å²) in [4.78, 5) is 12.0. The Labute approximate surface area is 93.4 Å². The Morgan fingerprint density at radius 1 is 1.53 bits per heavy atom. The Morgan fingerprint density at radius 3 is 2.80 bits per heavy atom. The molecular formula is C9H13NO3S2. The molecule has 1 heterocycles. The molecule has 0 bridgehead atoms. The van der Waals surface area contributed by atoms with Crippen molar-refractivity contribution in [3.05, 3.63) is 22.4 Å². The molecule has 0 saturated carbocycles. The monoisotopic (exact) mass is 247 g/mol. The van der Waals surface area contributed by atoms with Crippen LogP contribution in [0.4, 0.5) is 0 Å². The number of rotatable bonds is 6. The van der Waals surface area contributed by atoms with E-state index in [9.17, 15) is 13.2 Å². The van der Waals surface area contributed by atoms with Crippen molar-refractivity contribution < 1.29 is 13.2 Å². The molecule has 1 aromatic heterocycles. The predicted molar refractivity (Wildman–Crippen MR) is 60.7 cm³/mol. The number of Topliss-reactive ketones (excluding diaryl/α,β-unsaturated/α-hetero) is 1. The molecule has 4 nitrogen and oxygen atoms in total. The van der Waals surface area contributed by atoms with Gasteiger partial charge in [0.15, 0.2) is 5.78 Å². The molecule has 15 heavy (non-hydrogen) atoms. The fourth-order valence-corrected chi connectivity index (χ4v) is 2.74. The quantitative estimate of drug-likeness (QED) is 0.770. The number of carbonyl (C=O) groups is 1. The summed E-state index contributed by atoms with van der Waals surface area (Å²) in [6, 6.07) is 3.44. The molecule has 0 amide bonds. The van der Waals surface area contributed by atoms with Crippen LogP contribution in [0.15, 0.2) is 17.5 Å². The zero-order valence-electron chi connectivity index (χ0n) is 8.39. The normalized spacial score (nSPS) is 11.5. The van der Waals surface area contributed by atoms with Crippen LogP contribution in [0.25, 0.3) is 0 Å². The molecule has 0 atom stereocenters. The number of nitrogens with one attached hydrogen (secondary N) is 1. The van der Waals surface area contributed by atoms with E-state index in [0.717, 1.165) is 0 Å². The highest BCUT2D eigenvalue weighted by molar-refractivity contribution is 7.89. The van der Waals surface area contributed by atoms with Gasteiger partial charge in [0, 0.05) is 0 Å². The lowest BCUT2D eigenvalue weighted by Crippen LogP contribution is -2.31. The van der Waals surface area contributed by atoms with Crippen molar-refractivity contribution in [3.8, 4) is 0 Å². The second kappa shape index (κ2) is 5.39. The standard InChI is InChI=1S/C9H13NO3S2/c1-2-6-15(12,13)10-7-8(11)9-4-3-5-14-9/h3-5,10H,2,6-7H2,1H3. The number of hydrogen-bond donors (Lipinski definition) is 1. The van der Waals surface area contributed by atoms with Crippen LogP contribution < -0.4 is 4.72 Å². The van der Waals surface area contributed by atoms with Crippen LogP contribution in [0.3, 0.4) is 0 Å². The maximum Gasteiger partial charge on any atom is 0.211 e. The molecule has 0 aromatic carbocycles. The molecule has 0 aliphatic rings. The first kappa shape index (κ1) is 12.4. The van der Waals surface area contributed by atoms with E-state index in [-0.39, 0.29) is 18.1 Å². The molecule has 0 radical (unpaired) electrons. The summed E-state index contributed by atoms with van der Waals surface area (Å²) in [7, 11) is -3.28. The zero-order chi connectivity index (χ0) is 11.3. The Bertz CT molecular complexity index is 409. The van der Waals surface area contributed by atoms with Gasteiger partial charge in [0.25, 0.3) is 0 Å². The van der Waals surface area contributed by atoms with E-state index < -0.39 is 10.0 Å². The van der Waals surface area contributed by atoms with Gasteiger partial charge >= 0.3 is 0 Å². The first-order valence-corrected chi connectivity index (χ1v) is 7.12. The maximum atomic E-state index is 11.4. The molecule has 0 saturated heterocycles. The van der Waals surface area contributed by atoms with Crippen molar-refractivity contribution in [2.45, 2.75) is 13.3 Å². The topological polar surface area (TPSA) is 63.2 Å². The molecule has 0 spiro atoms. The molecular weight excluding hydrogens is 234 g/mol. The van der Waals surface area contributed by atoms with Crippen molar-refractivity contribution in [1.29, 1.82) is 0 Å². The summed E-state index contributed by atoms with van der Waals surface area (Å²) in [5, 5.41) is 1.79. The van der Waals surface area contributed by atoms with Gasteiger partial charge in [0.2, 0.25) is 10.0 Å². The van der Waals surface area contributed by atoms with Crippen molar-refractivity contribution in [1.82, 2.24) is 4.72 Å². The summed E-state index contributed by atoms with van der Waals surface area (Å²) < 4.78 is 24.8. The summed E-state index contributed by atoms with van der Waals surface area (Å²) in [6.45, 7) is 1.63. The van der Waals surface area contributed by atoms with Gasteiger partial charge in [0.05, 0.1) is 17.2 Å². The van der Waals surface area contributed by atoms with Crippen molar-refractivity contribution in [2.75, 3.05) is 12.3 Å². The minimum absolute atomic E-state index is 0.0602. The fraction of sp³-hybridized carbons (Fsp3) is 0.444. The van der Waals surface area contributed by atoms with E-state index in [4.69, 9.17) is 0 Å². The summed E-state index contributed by atoms with van der Waals surface area (Å²) in [6.07, 6.45) is 0.544. The molecule has 0 aliphatic heterocycles. The van der Waals surface area contributed by atoms with Gasteiger partial charge in [-0.2, -0.15) is 0 Å². The lowest BCUT2D eigenvalue weighted by molar-refractivity contribution is 0.100. The number of ketones is 1. The Kier molecular flexibility index (Phi) is 4.44. The predicted octanol–water partition coefficient (Wildman–Crippen LogP) is 1.26. The molecule has 1 aromatic rings. The number of sulfonamides is 1. The van der Waals surface area contributed by atoms with E-state index in [1.807, 2.05) is 0 Å². The first-order valence-electron chi connectivity index (χ1n) is 4.59. The average Bonchev–Trinajstić information content (AvgIpc) is 2.67. The molecule has 0 aliphatic carbocycles. The highest BCUT2D eigenvalue weighted by Gasteiger charge is 2.12. The van der Waals surface area contributed by atoms with Gasteiger partial charge in [-0.3, -0.25) is 4.79 Å². The van der Waals surface area contributed by atoms with Gasteiger partial charge in [-0.1, -0.05) is 13.0 Å². The zero-order valence-corrected chi connectivity index (χ0v) is 10.0. The Morgan fingerprint density at radius 2 is 2.27 bits per heavy atom. The molecule has 84 valence electrons. The van der Waals surface area contributed by atoms with Crippen LogP contribution in [0, 0.1) is 0 Å². The van der Waals surface area contributed by atoms with Crippen molar-refractivity contribution in [3.63, 3.8) is 0 Å². The van der Waals surface area contributed by atoms with Crippen LogP contribution in [-0.4, -0.2) is 26.5 Å². The molecule has 1 rings (SSSR count). The Hall–Kier alpha value is -0.720. The third-order valence-corrected chi connectivity index (χ3v) is 4.16. The summed E-state index contributed by atoms with van der Waals surface area (Å²) in [5.74, 6) is -0.130. The van der Waals surface area contributed by atoms with Gasteiger partial charge in [-0.15, -0.1) is 11.3 Å². The Balaban J connectivity index is 2.48. The van der Waals surface area contributed by atoms with E-state index in [0.29, 0.717) is 11.3 Å². The minimum Gasteiger partial charge on any atom is -0.292 e. The largest absolute Gasteiger partial charge is 0.292 e. The third kappa shape index (κ3) is 4.11. The fourth-order valence-electron chi connectivity index (χ4n) is 1.04. The molecule has 0 unspecified atom stereocenters. The van der Waals surface area contributed by atoms with E-state index >= 15 is 0 Å². The SMILES string of the molecule is CCCS(=O)(=O)NCC(=O)c1cccs1. The van der Waals surface area contributed by atoms with Crippen molar-refractivity contribution in [2.24, 2.45) is 0 Å². The van der Waals surface area contributed by atoms with E-state index in [1.54, 1.807) is 24.4 Å².